The standard InChI is InChI=1S/C23H22F7N3O2/c24-21-15(5-3-7-17(21)23(28,29)30)13-20(35)33-10-4-9-32(11-12-33)14-19(34)31-18-8-2-1-6-16(18)22(25,26)27/h1-3,5-8H,4,9-14H2,(H,31,34). The van der Waals surface area contributed by atoms with Gasteiger partial charge in [0.1, 0.15) is 5.82 Å². The highest BCUT2D eigenvalue weighted by atomic mass is 19.4. The van der Waals surface area contributed by atoms with Crippen LogP contribution in [0.3, 0.4) is 0 Å². The molecular formula is C23H22F7N3O2. The van der Waals surface area contributed by atoms with E-state index in [0.29, 0.717) is 19.0 Å². The van der Waals surface area contributed by atoms with Gasteiger partial charge in [-0.1, -0.05) is 24.3 Å². The summed E-state index contributed by atoms with van der Waals surface area (Å²) in [6.45, 7) is 0.748. The van der Waals surface area contributed by atoms with Crippen LogP contribution in [0.5, 0.6) is 0 Å². The molecule has 3 rings (SSSR count). The van der Waals surface area contributed by atoms with Crippen molar-refractivity contribution in [3.8, 4) is 0 Å². The first-order chi connectivity index (χ1) is 16.4. The van der Waals surface area contributed by atoms with E-state index in [1.165, 1.54) is 17.0 Å². The van der Waals surface area contributed by atoms with Gasteiger partial charge >= 0.3 is 12.4 Å². The SMILES string of the molecule is O=C(CN1CCCN(C(=O)Cc2cccc(C(F)(F)F)c2F)CC1)Nc1ccccc1C(F)(F)F. The van der Waals surface area contributed by atoms with Gasteiger partial charge in [0.25, 0.3) is 0 Å². The van der Waals surface area contributed by atoms with Crippen LogP contribution in [0, 0.1) is 5.82 Å². The van der Waals surface area contributed by atoms with Crippen molar-refractivity contribution in [2.75, 3.05) is 38.0 Å². The van der Waals surface area contributed by atoms with E-state index in [-0.39, 0.29) is 37.4 Å². The lowest BCUT2D eigenvalue weighted by atomic mass is 10.1. The molecule has 1 aliphatic heterocycles. The van der Waals surface area contributed by atoms with Crippen LogP contribution in [0.2, 0.25) is 0 Å². The van der Waals surface area contributed by atoms with E-state index in [2.05, 4.69) is 5.32 Å². The van der Waals surface area contributed by atoms with Gasteiger partial charge in [-0.05, 0) is 30.2 Å². The molecule has 1 fully saturated rings. The molecule has 1 aliphatic rings. The van der Waals surface area contributed by atoms with Crippen LogP contribution >= 0.6 is 0 Å². The molecule has 0 saturated carbocycles. The van der Waals surface area contributed by atoms with Gasteiger partial charge < -0.3 is 10.2 Å². The molecule has 0 aliphatic carbocycles. The molecular weight excluding hydrogens is 483 g/mol. The molecule has 2 aromatic rings. The molecule has 0 bridgehead atoms. The third-order valence-electron chi connectivity index (χ3n) is 5.54. The first-order valence-electron chi connectivity index (χ1n) is 10.7. The first kappa shape index (κ1) is 26.5. The van der Waals surface area contributed by atoms with Crippen molar-refractivity contribution in [3.63, 3.8) is 0 Å². The van der Waals surface area contributed by atoms with Crippen LogP contribution in [-0.4, -0.2) is 54.3 Å². The maximum atomic E-state index is 14.2. The predicted octanol–water partition coefficient (Wildman–Crippen LogP) is 4.58. The second-order valence-corrected chi connectivity index (χ2v) is 8.06. The Morgan fingerprint density at radius 1 is 0.829 bits per heavy atom. The number of nitrogens with one attached hydrogen (secondary N) is 1. The van der Waals surface area contributed by atoms with Crippen LogP contribution in [0.15, 0.2) is 42.5 Å². The number of nitrogens with zero attached hydrogens (tertiary/aromatic N) is 2. The van der Waals surface area contributed by atoms with Crippen molar-refractivity contribution in [1.82, 2.24) is 9.80 Å². The van der Waals surface area contributed by atoms with Gasteiger partial charge in [-0.2, -0.15) is 26.3 Å². The molecule has 2 aromatic carbocycles. The number of carbonyl (C=O) groups excluding carboxylic acids is 2. The molecule has 5 nitrogen and oxygen atoms in total. The van der Waals surface area contributed by atoms with Gasteiger partial charge in [0.15, 0.2) is 0 Å². The van der Waals surface area contributed by atoms with E-state index in [0.717, 1.165) is 24.3 Å². The number of hydrogen-bond acceptors (Lipinski definition) is 3. The Bertz CT molecular complexity index is 1070. The highest BCUT2D eigenvalue weighted by Gasteiger charge is 2.35. The molecule has 1 saturated heterocycles. The molecule has 0 aromatic heterocycles. The highest BCUT2D eigenvalue weighted by Crippen LogP contribution is 2.35. The zero-order valence-corrected chi connectivity index (χ0v) is 18.3. The van der Waals surface area contributed by atoms with Crippen molar-refractivity contribution >= 4 is 17.5 Å². The number of benzene rings is 2. The second-order valence-electron chi connectivity index (χ2n) is 8.06. The van der Waals surface area contributed by atoms with E-state index in [4.69, 9.17) is 0 Å². The third kappa shape index (κ3) is 6.93. The van der Waals surface area contributed by atoms with Crippen LogP contribution in [0.1, 0.15) is 23.1 Å². The summed E-state index contributed by atoms with van der Waals surface area (Å²) in [6, 6.07) is 7.35. The molecule has 2 amide bonds. The Balaban J connectivity index is 1.57. The van der Waals surface area contributed by atoms with Crippen LogP contribution in [0.4, 0.5) is 36.4 Å². The third-order valence-corrected chi connectivity index (χ3v) is 5.54. The smallest absolute Gasteiger partial charge is 0.341 e. The number of alkyl halides is 6. The normalized spacial score (nSPS) is 15.6. The van der Waals surface area contributed by atoms with Crippen LogP contribution in [-0.2, 0) is 28.4 Å². The molecule has 1 heterocycles. The van der Waals surface area contributed by atoms with Crippen molar-refractivity contribution in [1.29, 1.82) is 0 Å². The first-order valence-corrected chi connectivity index (χ1v) is 10.7. The van der Waals surface area contributed by atoms with Gasteiger partial charge in [-0.3, -0.25) is 14.5 Å². The van der Waals surface area contributed by atoms with E-state index in [1.54, 1.807) is 4.90 Å². The maximum absolute atomic E-state index is 14.2. The summed E-state index contributed by atoms with van der Waals surface area (Å²) in [7, 11) is 0. The summed E-state index contributed by atoms with van der Waals surface area (Å²) in [5.74, 6) is -2.71. The zero-order chi connectivity index (χ0) is 25.8. The Morgan fingerprint density at radius 2 is 1.49 bits per heavy atom. The topological polar surface area (TPSA) is 52.7 Å². The Labute approximate surface area is 196 Å². The van der Waals surface area contributed by atoms with Gasteiger partial charge in [0, 0.05) is 26.2 Å². The lowest BCUT2D eigenvalue weighted by Crippen LogP contribution is -2.38. The van der Waals surface area contributed by atoms with Crippen molar-refractivity contribution in [2.45, 2.75) is 25.2 Å². The second kappa shape index (κ2) is 10.6. The minimum absolute atomic E-state index is 0.131. The van der Waals surface area contributed by atoms with Crippen molar-refractivity contribution in [2.24, 2.45) is 0 Å². The Morgan fingerprint density at radius 3 is 2.17 bits per heavy atom. The van der Waals surface area contributed by atoms with Crippen LogP contribution < -0.4 is 5.32 Å². The number of para-hydroxylation sites is 1. The van der Waals surface area contributed by atoms with Gasteiger partial charge in [0.2, 0.25) is 11.8 Å². The van der Waals surface area contributed by atoms with E-state index in [1.807, 2.05) is 0 Å². The van der Waals surface area contributed by atoms with E-state index >= 15 is 0 Å². The maximum Gasteiger partial charge on any atom is 0.419 e. The number of halogens is 7. The van der Waals surface area contributed by atoms with Crippen LogP contribution in [0.25, 0.3) is 0 Å². The highest BCUT2D eigenvalue weighted by molar-refractivity contribution is 5.93. The minimum atomic E-state index is -4.88. The Kier molecular flexibility index (Phi) is 8.04. The number of hydrogen-bond donors (Lipinski definition) is 1. The molecule has 0 atom stereocenters. The average molecular weight is 505 g/mol. The molecule has 1 N–H and O–H groups in total. The van der Waals surface area contributed by atoms with Gasteiger partial charge in [-0.15, -0.1) is 0 Å². The van der Waals surface area contributed by atoms with Gasteiger partial charge in [-0.25, -0.2) is 4.39 Å². The summed E-state index contributed by atoms with van der Waals surface area (Å²) >= 11 is 0. The monoisotopic (exact) mass is 505 g/mol. The minimum Gasteiger partial charge on any atom is -0.341 e. The fraction of sp³-hybridized carbons (Fsp3) is 0.391. The van der Waals surface area contributed by atoms with Gasteiger partial charge in [0.05, 0.1) is 29.8 Å². The lowest BCUT2D eigenvalue weighted by molar-refractivity contribution is -0.140. The summed E-state index contributed by atoms with van der Waals surface area (Å²) in [6.07, 6.45) is -9.65. The summed E-state index contributed by atoms with van der Waals surface area (Å²) in [5.41, 5.74) is -3.14. The van der Waals surface area contributed by atoms with Crippen molar-refractivity contribution < 1.29 is 40.3 Å². The lowest BCUT2D eigenvalue weighted by Gasteiger charge is -2.22. The largest absolute Gasteiger partial charge is 0.419 e. The molecule has 0 unspecified atom stereocenters. The summed E-state index contributed by atoms with van der Waals surface area (Å²) in [4.78, 5) is 28.0. The molecule has 0 spiro atoms. The fourth-order valence-corrected chi connectivity index (χ4v) is 3.82. The summed E-state index contributed by atoms with van der Waals surface area (Å²) in [5, 5.41) is 2.26. The van der Waals surface area contributed by atoms with E-state index in [9.17, 15) is 40.3 Å². The Hall–Kier alpha value is -3.15. The molecule has 35 heavy (non-hydrogen) atoms. The number of rotatable bonds is 5. The van der Waals surface area contributed by atoms with E-state index < -0.39 is 47.5 Å². The van der Waals surface area contributed by atoms with Crippen molar-refractivity contribution in [3.05, 3.63) is 65.0 Å². The number of carbonyl (C=O) groups is 2. The average Bonchev–Trinajstić information content (AvgIpc) is 2.99. The fourth-order valence-electron chi connectivity index (χ4n) is 3.82. The zero-order valence-electron chi connectivity index (χ0n) is 18.3. The molecule has 12 heteroatoms. The molecule has 0 radical (unpaired) electrons. The quantitative estimate of drug-likeness (QED) is 0.606. The number of anilines is 1. The predicted molar refractivity (Wildman–Crippen MR) is 113 cm³/mol. The molecule has 190 valence electrons. The summed E-state index contributed by atoms with van der Waals surface area (Å²) < 4.78 is 92.3. The number of amides is 2.